The van der Waals surface area contributed by atoms with E-state index in [4.69, 9.17) is 0 Å². The molecule has 0 saturated heterocycles. The zero-order valence-electron chi connectivity index (χ0n) is 19.2. The Morgan fingerprint density at radius 1 is 0.677 bits per heavy atom. The molecular weight excluding hydrogens is 388 g/mol. The second kappa shape index (κ2) is 10.2. The van der Waals surface area contributed by atoms with Crippen LogP contribution in [0.4, 0.5) is 0 Å². The van der Waals surface area contributed by atoms with E-state index in [1.807, 2.05) is 48.5 Å². The van der Waals surface area contributed by atoms with Crippen LogP contribution in [0, 0.1) is 0 Å². The van der Waals surface area contributed by atoms with Gasteiger partial charge in [0.15, 0.2) is 0 Å². The van der Waals surface area contributed by atoms with Gasteiger partial charge in [-0.05, 0) is 33.1 Å². The Morgan fingerprint density at radius 3 is 1.29 bits per heavy atom. The van der Waals surface area contributed by atoms with Gasteiger partial charge in [-0.3, -0.25) is 9.59 Å². The molecule has 0 aliphatic rings. The molecule has 0 heterocycles. The lowest BCUT2D eigenvalue weighted by atomic mass is 9.87. The smallest absolute Gasteiger partial charge is 0.249 e. The van der Waals surface area contributed by atoms with Gasteiger partial charge in [-0.2, -0.15) is 10.2 Å². The van der Waals surface area contributed by atoms with Gasteiger partial charge in [-0.25, -0.2) is 10.9 Å². The summed E-state index contributed by atoms with van der Waals surface area (Å²) < 4.78 is 0. The van der Waals surface area contributed by atoms with Crippen molar-refractivity contribution in [3.05, 3.63) is 70.8 Å². The predicted molar refractivity (Wildman–Crippen MR) is 126 cm³/mol. The molecule has 0 aliphatic heterocycles. The highest BCUT2D eigenvalue weighted by Crippen LogP contribution is 2.22. The van der Waals surface area contributed by atoms with E-state index in [-0.39, 0.29) is 17.3 Å². The molecule has 0 fully saturated rings. The van der Waals surface area contributed by atoms with E-state index in [0.29, 0.717) is 0 Å². The fraction of sp³-hybridized carbons (Fsp3) is 0.360. The van der Waals surface area contributed by atoms with Crippen LogP contribution in [0.15, 0.2) is 58.7 Å². The van der Waals surface area contributed by atoms with Crippen LogP contribution in [0.25, 0.3) is 0 Å². The average Bonchev–Trinajstić information content (AvgIpc) is 2.67. The summed E-state index contributed by atoms with van der Waals surface area (Å²) in [5, 5.41) is 7.80. The first-order valence-corrected chi connectivity index (χ1v) is 10.3. The lowest BCUT2D eigenvalue weighted by Crippen LogP contribution is -2.27. The number of hydrogen-bond donors (Lipinski definition) is 2. The minimum Gasteiger partial charge on any atom is -0.273 e. The van der Waals surface area contributed by atoms with Gasteiger partial charge in [0.25, 0.3) is 0 Å². The monoisotopic (exact) mass is 420 g/mol. The van der Waals surface area contributed by atoms with Crippen LogP contribution in [0.5, 0.6) is 0 Å². The molecule has 0 bridgehead atoms. The van der Waals surface area contributed by atoms with Crippen molar-refractivity contribution in [3.63, 3.8) is 0 Å². The van der Waals surface area contributed by atoms with Crippen LogP contribution < -0.4 is 10.9 Å². The van der Waals surface area contributed by atoms with E-state index in [1.165, 1.54) is 11.1 Å². The third-order valence-corrected chi connectivity index (χ3v) is 4.68. The maximum absolute atomic E-state index is 11.9. The third kappa shape index (κ3) is 8.16. The van der Waals surface area contributed by atoms with Gasteiger partial charge in [0.2, 0.25) is 11.8 Å². The van der Waals surface area contributed by atoms with E-state index < -0.39 is 11.8 Å². The molecule has 31 heavy (non-hydrogen) atoms. The van der Waals surface area contributed by atoms with E-state index in [1.54, 1.807) is 12.4 Å². The molecule has 0 aromatic heterocycles. The Morgan fingerprint density at radius 2 is 1.00 bits per heavy atom. The largest absolute Gasteiger partial charge is 0.273 e. The number of carbonyl (C=O) groups is 2. The lowest BCUT2D eigenvalue weighted by Gasteiger charge is -2.18. The number of hydrazone groups is 2. The highest BCUT2D eigenvalue weighted by atomic mass is 16.2. The molecule has 6 nitrogen and oxygen atoms in total. The maximum atomic E-state index is 11.9. The maximum Gasteiger partial charge on any atom is 0.249 e. The Balaban J connectivity index is 1.77. The molecule has 2 aromatic carbocycles. The van der Waals surface area contributed by atoms with Crippen LogP contribution in [0.2, 0.25) is 0 Å². The van der Waals surface area contributed by atoms with E-state index in [2.05, 4.69) is 62.6 Å². The van der Waals surface area contributed by atoms with Crippen molar-refractivity contribution in [2.75, 3.05) is 0 Å². The average molecular weight is 421 g/mol. The summed E-state index contributed by atoms with van der Waals surface area (Å²) in [4.78, 5) is 23.7. The molecule has 6 heteroatoms. The van der Waals surface area contributed by atoms with Gasteiger partial charge in [0.1, 0.15) is 6.42 Å². The van der Waals surface area contributed by atoms with Crippen molar-refractivity contribution in [1.29, 1.82) is 0 Å². The first-order valence-electron chi connectivity index (χ1n) is 10.3. The second-order valence-electron chi connectivity index (χ2n) is 9.51. The number of benzene rings is 2. The third-order valence-electron chi connectivity index (χ3n) is 4.68. The SMILES string of the molecule is CC(C)(C)c1ccc(C=NNC(=O)CC(=O)NN=Cc2ccc(C(C)(C)C)cc2)cc1. The van der Waals surface area contributed by atoms with Gasteiger partial charge in [-0.1, -0.05) is 90.1 Å². The summed E-state index contributed by atoms with van der Waals surface area (Å²) in [5.41, 5.74) is 9.02. The topological polar surface area (TPSA) is 82.9 Å². The summed E-state index contributed by atoms with van der Waals surface area (Å²) in [6.45, 7) is 12.9. The van der Waals surface area contributed by atoms with E-state index >= 15 is 0 Å². The van der Waals surface area contributed by atoms with Crippen LogP contribution in [-0.2, 0) is 20.4 Å². The number of hydrogen-bond acceptors (Lipinski definition) is 4. The lowest BCUT2D eigenvalue weighted by molar-refractivity contribution is -0.129. The number of rotatable bonds is 6. The Kier molecular flexibility index (Phi) is 7.86. The minimum atomic E-state index is -0.509. The first-order chi connectivity index (χ1) is 14.4. The van der Waals surface area contributed by atoms with Crippen molar-refractivity contribution in [2.45, 2.75) is 58.8 Å². The zero-order valence-corrected chi connectivity index (χ0v) is 19.2. The summed E-state index contributed by atoms with van der Waals surface area (Å²) >= 11 is 0. The van der Waals surface area contributed by atoms with Crippen molar-refractivity contribution in [2.24, 2.45) is 10.2 Å². The standard InChI is InChI=1S/C25H32N4O2/c1-24(2,3)20-11-7-18(8-12-20)16-26-28-22(30)15-23(31)29-27-17-19-9-13-21(14-10-19)25(4,5)6/h7-14,16-17H,15H2,1-6H3,(H,28,30)(H,29,31). The molecule has 0 spiro atoms. The van der Waals surface area contributed by atoms with Gasteiger partial charge in [0, 0.05) is 0 Å². The van der Waals surface area contributed by atoms with Gasteiger partial charge in [-0.15, -0.1) is 0 Å². The molecule has 0 saturated carbocycles. The number of carbonyl (C=O) groups excluding carboxylic acids is 2. The van der Waals surface area contributed by atoms with Crippen LogP contribution >= 0.6 is 0 Å². The molecule has 2 aromatic rings. The molecule has 2 N–H and O–H groups in total. The molecule has 0 unspecified atom stereocenters. The van der Waals surface area contributed by atoms with Gasteiger partial charge in [0.05, 0.1) is 12.4 Å². The summed E-state index contributed by atoms with van der Waals surface area (Å²) in [5.74, 6) is -1.02. The molecule has 0 radical (unpaired) electrons. The number of nitrogens with one attached hydrogen (secondary N) is 2. The number of amides is 2. The summed E-state index contributed by atoms with van der Waals surface area (Å²) in [7, 11) is 0. The Labute approximate surface area is 184 Å². The fourth-order valence-electron chi connectivity index (χ4n) is 2.72. The number of nitrogens with zero attached hydrogens (tertiary/aromatic N) is 2. The van der Waals surface area contributed by atoms with Crippen LogP contribution in [0.1, 0.15) is 70.2 Å². The van der Waals surface area contributed by atoms with Crippen LogP contribution in [0.3, 0.4) is 0 Å². The quantitative estimate of drug-likeness (QED) is 0.416. The minimum absolute atomic E-state index is 0.0790. The molecule has 0 aliphatic carbocycles. The van der Waals surface area contributed by atoms with Crippen molar-refractivity contribution < 1.29 is 9.59 Å². The Bertz CT molecular complexity index is 866. The van der Waals surface area contributed by atoms with E-state index in [9.17, 15) is 9.59 Å². The first kappa shape index (κ1) is 24.0. The molecule has 0 atom stereocenters. The van der Waals surface area contributed by atoms with Crippen molar-refractivity contribution >= 4 is 24.2 Å². The summed E-state index contributed by atoms with van der Waals surface area (Å²) in [6.07, 6.45) is 2.73. The predicted octanol–water partition coefficient (Wildman–Crippen LogP) is 4.27. The highest BCUT2D eigenvalue weighted by molar-refractivity contribution is 5.97. The van der Waals surface area contributed by atoms with E-state index in [0.717, 1.165) is 11.1 Å². The normalized spacial score (nSPS) is 12.3. The molecule has 2 rings (SSSR count). The second-order valence-corrected chi connectivity index (χ2v) is 9.51. The zero-order chi connectivity index (χ0) is 23.1. The van der Waals surface area contributed by atoms with Gasteiger partial charge >= 0.3 is 0 Å². The molecule has 2 amide bonds. The van der Waals surface area contributed by atoms with Gasteiger partial charge < -0.3 is 0 Å². The van der Waals surface area contributed by atoms with Crippen molar-refractivity contribution in [3.8, 4) is 0 Å². The fourth-order valence-corrected chi connectivity index (χ4v) is 2.72. The summed E-state index contributed by atoms with van der Waals surface area (Å²) in [6, 6.07) is 15.9. The van der Waals surface area contributed by atoms with Crippen molar-refractivity contribution in [1.82, 2.24) is 10.9 Å². The molecular formula is C25H32N4O2. The Hall–Kier alpha value is -3.28. The highest BCUT2D eigenvalue weighted by Gasteiger charge is 2.13. The molecule has 164 valence electrons. The van der Waals surface area contributed by atoms with Crippen LogP contribution in [-0.4, -0.2) is 24.2 Å².